The van der Waals surface area contributed by atoms with Gasteiger partial charge in [0, 0.05) is 12.5 Å². The quantitative estimate of drug-likeness (QED) is 0.616. The Labute approximate surface area is 166 Å². The molecule has 1 aliphatic rings. The Kier molecular flexibility index (Phi) is 4.99. The molecule has 0 radical (unpaired) electrons. The largest absolute Gasteiger partial charge is 0.467 e. The van der Waals surface area contributed by atoms with Crippen molar-refractivity contribution < 1.29 is 23.3 Å². The van der Waals surface area contributed by atoms with Crippen LogP contribution in [0, 0.1) is 13.8 Å². The molecule has 4 rings (SSSR count). The predicted molar refractivity (Wildman–Crippen MR) is 102 cm³/mol. The van der Waals surface area contributed by atoms with Crippen LogP contribution in [0.5, 0.6) is 0 Å². The van der Waals surface area contributed by atoms with E-state index in [0.29, 0.717) is 17.9 Å². The highest BCUT2D eigenvalue weighted by Gasteiger charge is 2.35. The van der Waals surface area contributed by atoms with Gasteiger partial charge in [-0.1, -0.05) is 35.0 Å². The van der Waals surface area contributed by atoms with Gasteiger partial charge in [0.2, 0.25) is 5.76 Å². The van der Waals surface area contributed by atoms with Gasteiger partial charge in [-0.2, -0.15) is 5.10 Å². The summed E-state index contributed by atoms with van der Waals surface area (Å²) in [4.78, 5) is 24.8. The molecule has 0 aliphatic carbocycles. The van der Waals surface area contributed by atoms with Crippen LogP contribution in [-0.2, 0) is 9.53 Å². The molecule has 0 N–H and O–H groups in total. The fourth-order valence-corrected chi connectivity index (χ4v) is 3.09. The zero-order valence-electron chi connectivity index (χ0n) is 16.0. The zero-order chi connectivity index (χ0) is 20.4. The number of furan rings is 1. The number of nitrogens with zero attached hydrogens (tertiary/aromatic N) is 3. The van der Waals surface area contributed by atoms with Crippen LogP contribution in [0.1, 0.15) is 45.6 Å². The molecule has 2 aromatic heterocycles. The number of carbonyl (C=O) groups excluding carboxylic acids is 2. The minimum absolute atomic E-state index is 0.0526. The minimum atomic E-state index is -0.754. The van der Waals surface area contributed by atoms with Crippen molar-refractivity contribution in [1.82, 2.24) is 10.2 Å². The monoisotopic (exact) mass is 393 g/mol. The highest BCUT2D eigenvalue weighted by atomic mass is 16.6. The van der Waals surface area contributed by atoms with Crippen molar-refractivity contribution in [2.75, 3.05) is 6.61 Å². The maximum atomic E-state index is 12.8. The third-order valence-electron chi connectivity index (χ3n) is 4.58. The van der Waals surface area contributed by atoms with Crippen molar-refractivity contribution >= 4 is 17.6 Å². The molecule has 0 spiro atoms. The van der Waals surface area contributed by atoms with E-state index in [4.69, 9.17) is 13.7 Å². The highest BCUT2D eigenvalue weighted by molar-refractivity contribution is 6.03. The first-order valence-electron chi connectivity index (χ1n) is 9.11. The minimum Gasteiger partial charge on any atom is -0.467 e. The summed E-state index contributed by atoms with van der Waals surface area (Å²) in [6, 6.07) is 12.5. The first kappa shape index (κ1) is 18.7. The molecule has 0 saturated carbocycles. The van der Waals surface area contributed by atoms with Gasteiger partial charge in [0.05, 0.1) is 17.7 Å². The summed E-state index contributed by atoms with van der Waals surface area (Å²) in [6.45, 7) is 3.22. The lowest BCUT2D eigenvalue weighted by Gasteiger charge is -2.19. The number of ether oxygens (including phenoxy) is 1. The number of carbonyl (C=O) groups is 2. The predicted octanol–water partition coefficient (Wildman–Crippen LogP) is 3.42. The standard InChI is InChI=1S/C21H19N3O5/c1-13-5-7-15(8-6-13)16-11-17(18-4-3-9-27-18)24(22-16)20(25)12-28-21(26)19-10-14(2)23-29-19/h3-10,17H,11-12H2,1-2H3/t17-/m0/s1. The van der Waals surface area contributed by atoms with Crippen molar-refractivity contribution in [3.8, 4) is 0 Å². The van der Waals surface area contributed by atoms with Gasteiger partial charge in [0.15, 0.2) is 6.61 Å². The Morgan fingerprint density at radius 1 is 1.21 bits per heavy atom. The summed E-state index contributed by atoms with van der Waals surface area (Å²) < 4.78 is 15.4. The fraction of sp³-hybridized carbons (Fsp3) is 0.238. The molecule has 1 aromatic carbocycles. The van der Waals surface area contributed by atoms with Gasteiger partial charge in [0.25, 0.3) is 5.91 Å². The average Bonchev–Trinajstić information content (AvgIpc) is 3.46. The maximum absolute atomic E-state index is 12.8. The first-order chi connectivity index (χ1) is 14.0. The Hall–Kier alpha value is -3.68. The van der Waals surface area contributed by atoms with Crippen LogP contribution in [0.4, 0.5) is 0 Å². The van der Waals surface area contributed by atoms with Crippen molar-refractivity contribution in [2.45, 2.75) is 26.3 Å². The van der Waals surface area contributed by atoms with E-state index in [1.807, 2.05) is 31.2 Å². The molecular weight excluding hydrogens is 374 g/mol. The van der Waals surface area contributed by atoms with Gasteiger partial charge in [-0.05, 0) is 31.5 Å². The van der Waals surface area contributed by atoms with E-state index in [1.54, 1.807) is 25.3 Å². The fourth-order valence-electron chi connectivity index (χ4n) is 3.09. The molecule has 29 heavy (non-hydrogen) atoms. The molecule has 8 heteroatoms. The van der Waals surface area contributed by atoms with Crippen LogP contribution < -0.4 is 0 Å². The summed E-state index contributed by atoms with van der Waals surface area (Å²) in [6.07, 6.45) is 2.05. The molecule has 1 amide bonds. The van der Waals surface area contributed by atoms with E-state index in [9.17, 15) is 9.59 Å². The van der Waals surface area contributed by atoms with Gasteiger partial charge in [-0.3, -0.25) is 4.79 Å². The lowest BCUT2D eigenvalue weighted by atomic mass is 10.0. The molecule has 0 unspecified atom stereocenters. The van der Waals surface area contributed by atoms with Crippen molar-refractivity contribution in [1.29, 1.82) is 0 Å². The maximum Gasteiger partial charge on any atom is 0.377 e. The Morgan fingerprint density at radius 2 is 2.00 bits per heavy atom. The highest BCUT2D eigenvalue weighted by Crippen LogP contribution is 2.33. The second kappa shape index (κ2) is 7.75. The van der Waals surface area contributed by atoms with Gasteiger partial charge < -0.3 is 13.7 Å². The number of hydrazone groups is 1. The number of hydrogen-bond acceptors (Lipinski definition) is 7. The normalized spacial score (nSPS) is 16.0. The summed E-state index contributed by atoms with van der Waals surface area (Å²) in [7, 11) is 0. The summed E-state index contributed by atoms with van der Waals surface area (Å²) in [5.74, 6) is -0.655. The first-order valence-corrected chi connectivity index (χ1v) is 9.11. The summed E-state index contributed by atoms with van der Waals surface area (Å²) >= 11 is 0. The Balaban J connectivity index is 1.52. The SMILES string of the molecule is Cc1ccc(C2=NN(C(=O)COC(=O)c3cc(C)no3)[C@H](c3ccco3)C2)cc1. The van der Waals surface area contributed by atoms with Crippen molar-refractivity contribution in [3.63, 3.8) is 0 Å². The number of aromatic nitrogens is 1. The van der Waals surface area contributed by atoms with Gasteiger partial charge >= 0.3 is 5.97 Å². The summed E-state index contributed by atoms with van der Waals surface area (Å²) in [5, 5.41) is 9.44. The zero-order valence-corrected chi connectivity index (χ0v) is 16.0. The number of amides is 1. The van der Waals surface area contributed by atoms with E-state index in [1.165, 1.54) is 11.1 Å². The van der Waals surface area contributed by atoms with Crippen molar-refractivity contribution in [3.05, 3.63) is 77.1 Å². The molecule has 3 heterocycles. The van der Waals surface area contributed by atoms with E-state index in [0.717, 1.165) is 16.8 Å². The number of benzene rings is 1. The van der Waals surface area contributed by atoms with Crippen LogP contribution in [0.2, 0.25) is 0 Å². The Morgan fingerprint density at radius 3 is 2.66 bits per heavy atom. The molecule has 3 aromatic rings. The van der Waals surface area contributed by atoms with Gasteiger partial charge in [0.1, 0.15) is 11.8 Å². The van der Waals surface area contributed by atoms with Gasteiger partial charge in [-0.15, -0.1) is 0 Å². The number of hydrogen-bond donors (Lipinski definition) is 0. The second-order valence-electron chi connectivity index (χ2n) is 6.80. The van der Waals surface area contributed by atoms with E-state index < -0.39 is 24.5 Å². The van der Waals surface area contributed by atoms with Crippen molar-refractivity contribution in [2.24, 2.45) is 5.10 Å². The summed E-state index contributed by atoms with van der Waals surface area (Å²) in [5.41, 5.74) is 3.37. The number of aryl methyl sites for hydroxylation is 2. The molecule has 0 saturated heterocycles. The molecular formula is C21H19N3O5. The molecule has 0 fully saturated rings. The second-order valence-corrected chi connectivity index (χ2v) is 6.80. The lowest BCUT2D eigenvalue weighted by molar-refractivity contribution is -0.136. The van der Waals surface area contributed by atoms with Crippen LogP contribution in [0.3, 0.4) is 0 Å². The number of esters is 1. The van der Waals surface area contributed by atoms with Crippen LogP contribution in [0.25, 0.3) is 0 Å². The lowest BCUT2D eigenvalue weighted by Crippen LogP contribution is -2.31. The smallest absolute Gasteiger partial charge is 0.377 e. The van der Waals surface area contributed by atoms with E-state index in [2.05, 4.69) is 10.3 Å². The third-order valence-corrected chi connectivity index (χ3v) is 4.58. The molecule has 1 aliphatic heterocycles. The average molecular weight is 393 g/mol. The van der Waals surface area contributed by atoms with E-state index in [-0.39, 0.29) is 5.76 Å². The van der Waals surface area contributed by atoms with Crippen LogP contribution >= 0.6 is 0 Å². The van der Waals surface area contributed by atoms with E-state index >= 15 is 0 Å². The molecule has 8 nitrogen and oxygen atoms in total. The van der Waals surface area contributed by atoms with Crippen LogP contribution in [0.15, 0.2) is 62.8 Å². The molecule has 1 atom stereocenters. The topological polar surface area (TPSA) is 98.1 Å². The third kappa shape index (κ3) is 3.96. The molecule has 0 bridgehead atoms. The van der Waals surface area contributed by atoms with Gasteiger partial charge in [-0.25, -0.2) is 9.80 Å². The van der Waals surface area contributed by atoms with Crippen LogP contribution in [-0.4, -0.2) is 34.4 Å². The number of rotatable bonds is 5. The Bertz CT molecular complexity index is 1050. The molecule has 148 valence electrons.